The zero-order valence-electron chi connectivity index (χ0n) is 9.80. The summed E-state index contributed by atoms with van der Waals surface area (Å²) in [7, 11) is 0. The van der Waals surface area contributed by atoms with E-state index in [0.717, 1.165) is 17.8 Å². The van der Waals surface area contributed by atoms with Crippen LogP contribution in [0.1, 0.15) is 71.1 Å². The summed E-state index contributed by atoms with van der Waals surface area (Å²) in [5.74, 6) is 3.22. The largest absolute Gasteiger partial charge is 0.0622 e. The van der Waals surface area contributed by atoms with Gasteiger partial charge in [-0.1, -0.05) is 64.7 Å². The maximum atomic E-state index is 2.52. The van der Waals surface area contributed by atoms with Gasteiger partial charge in [-0.15, -0.1) is 0 Å². The van der Waals surface area contributed by atoms with E-state index in [4.69, 9.17) is 0 Å². The minimum absolute atomic E-state index is 1.03. The Bertz CT molecular complexity index is 149. The maximum absolute atomic E-state index is 2.52. The van der Waals surface area contributed by atoms with Gasteiger partial charge < -0.3 is 0 Å². The SMILES string of the molecule is CC(CC1CCCCC1)C1CCCC1. The summed E-state index contributed by atoms with van der Waals surface area (Å²) >= 11 is 0. The van der Waals surface area contributed by atoms with Crippen molar-refractivity contribution in [2.24, 2.45) is 17.8 Å². The summed E-state index contributed by atoms with van der Waals surface area (Å²) in [4.78, 5) is 0. The molecule has 0 nitrogen and oxygen atoms in total. The van der Waals surface area contributed by atoms with Crippen molar-refractivity contribution in [2.45, 2.75) is 71.1 Å². The molecule has 2 fully saturated rings. The monoisotopic (exact) mass is 194 g/mol. The Hall–Kier alpha value is 0. The summed E-state index contributed by atoms with van der Waals surface area (Å²) in [6, 6.07) is 0. The lowest BCUT2D eigenvalue weighted by molar-refractivity contribution is 0.245. The third kappa shape index (κ3) is 2.74. The molecule has 0 radical (unpaired) electrons. The summed E-state index contributed by atoms with van der Waals surface area (Å²) in [5, 5.41) is 0. The van der Waals surface area contributed by atoms with Gasteiger partial charge in [-0.05, 0) is 24.2 Å². The van der Waals surface area contributed by atoms with Crippen molar-refractivity contribution < 1.29 is 0 Å². The fourth-order valence-corrected chi connectivity index (χ4v) is 3.67. The fourth-order valence-electron chi connectivity index (χ4n) is 3.67. The molecule has 1 atom stereocenters. The smallest absolute Gasteiger partial charge is 0.0388 e. The Morgan fingerprint density at radius 3 is 2.07 bits per heavy atom. The van der Waals surface area contributed by atoms with Gasteiger partial charge in [-0.2, -0.15) is 0 Å². The quantitative estimate of drug-likeness (QED) is 0.606. The van der Waals surface area contributed by atoms with Crippen LogP contribution < -0.4 is 0 Å². The van der Waals surface area contributed by atoms with Crippen molar-refractivity contribution in [1.82, 2.24) is 0 Å². The topological polar surface area (TPSA) is 0 Å². The zero-order chi connectivity index (χ0) is 9.80. The Morgan fingerprint density at radius 1 is 0.857 bits per heavy atom. The number of hydrogen-bond donors (Lipinski definition) is 0. The molecule has 0 aromatic rings. The van der Waals surface area contributed by atoms with Crippen LogP contribution in [-0.4, -0.2) is 0 Å². The molecule has 0 heteroatoms. The summed E-state index contributed by atoms with van der Waals surface area (Å²) in [6.07, 6.45) is 15.3. The third-order valence-electron chi connectivity index (χ3n) is 4.63. The predicted octanol–water partition coefficient (Wildman–Crippen LogP) is 4.78. The van der Waals surface area contributed by atoms with Crippen molar-refractivity contribution >= 4 is 0 Å². The van der Waals surface area contributed by atoms with Crippen LogP contribution in [0.25, 0.3) is 0 Å². The van der Waals surface area contributed by atoms with E-state index >= 15 is 0 Å². The molecule has 1 unspecified atom stereocenters. The highest BCUT2D eigenvalue weighted by atomic mass is 14.3. The average molecular weight is 194 g/mol. The molecule has 0 spiro atoms. The molecule has 0 aromatic carbocycles. The lowest BCUT2D eigenvalue weighted by atomic mass is 9.79. The van der Waals surface area contributed by atoms with Gasteiger partial charge >= 0.3 is 0 Å². The molecule has 2 saturated carbocycles. The first-order valence-electron chi connectivity index (χ1n) is 6.86. The second-order valence-corrected chi connectivity index (χ2v) is 5.76. The third-order valence-corrected chi connectivity index (χ3v) is 4.63. The highest BCUT2D eigenvalue weighted by Crippen LogP contribution is 2.37. The first kappa shape index (κ1) is 10.5. The van der Waals surface area contributed by atoms with Crippen LogP contribution in [0.5, 0.6) is 0 Å². The lowest BCUT2D eigenvalue weighted by Crippen LogP contribution is -2.15. The molecule has 0 bridgehead atoms. The van der Waals surface area contributed by atoms with Crippen molar-refractivity contribution in [3.05, 3.63) is 0 Å². The van der Waals surface area contributed by atoms with Crippen LogP contribution in [0.2, 0.25) is 0 Å². The maximum Gasteiger partial charge on any atom is -0.0388 e. The highest BCUT2D eigenvalue weighted by Gasteiger charge is 2.24. The second-order valence-electron chi connectivity index (χ2n) is 5.76. The Labute approximate surface area is 89.5 Å². The minimum atomic E-state index is 1.03. The molecule has 0 heterocycles. The van der Waals surface area contributed by atoms with Crippen molar-refractivity contribution in [1.29, 1.82) is 0 Å². The lowest BCUT2D eigenvalue weighted by Gasteiger charge is -2.27. The molecule has 0 aromatic heterocycles. The van der Waals surface area contributed by atoms with Gasteiger partial charge in [0.1, 0.15) is 0 Å². The second kappa shape index (κ2) is 5.19. The van der Waals surface area contributed by atoms with E-state index in [1.165, 1.54) is 57.8 Å². The van der Waals surface area contributed by atoms with E-state index in [2.05, 4.69) is 6.92 Å². The minimum Gasteiger partial charge on any atom is -0.0622 e. The van der Waals surface area contributed by atoms with Crippen LogP contribution in [-0.2, 0) is 0 Å². The van der Waals surface area contributed by atoms with E-state index in [9.17, 15) is 0 Å². The van der Waals surface area contributed by atoms with Crippen LogP contribution >= 0.6 is 0 Å². The van der Waals surface area contributed by atoms with Crippen LogP contribution in [0.4, 0.5) is 0 Å². The molecule has 82 valence electrons. The first-order valence-corrected chi connectivity index (χ1v) is 6.86. The number of hydrogen-bond acceptors (Lipinski definition) is 0. The predicted molar refractivity (Wildman–Crippen MR) is 62.3 cm³/mol. The number of rotatable bonds is 3. The Kier molecular flexibility index (Phi) is 3.89. The van der Waals surface area contributed by atoms with Crippen molar-refractivity contribution in [2.75, 3.05) is 0 Å². The summed E-state index contributed by atoms with van der Waals surface area (Å²) in [6.45, 7) is 2.52. The molecule has 0 N–H and O–H groups in total. The van der Waals surface area contributed by atoms with Gasteiger partial charge in [0.15, 0.2) is 0 Å². The van der Waals surface area contributed by atoms with Crippen molar-refractivity contribution in [3.8, 4) is 0 Å². The molecule has 2 rings (SSSR count). The summed E-state index contributed by atoms with van der Waals surface area (Å²) in [5.41, 5.74) is 0. The van der Waals surface area contributed by atoms with Crippen LogP contribution in [0, 0.1) is 17.8 Å². The highest BCUT2D eigenvalue weighted by molar-refractivity contribution is 4.76. The normalized spacial score (nSPS) is 28.1. The van der Waals surface area contributed by atoms with Gasteiger partial charge in [0.2, 0.25) is 0 Å². The van der Waals surface area contributed by atoms with Crippen molar-refractivity contribution in [3.63, 3.8) is 0 Å². The molecular weight excluding hydrogens is 168 g/mol. The Morgan fingerprint density at radius 2 is 1.43 bits per heavy atom. The molecule has 0 aliphatic heterocycles. The molecule has 0 amide bonds. The van der Waals surface area contributed by atoms with E-state index in [1.54, 1.807) is 6.42 Å². The zero-order valence-corrected chi connectivity index (χ0v) is 9.80. The van der Waals surface area contributed by atoms with E-state index in [-0.39, 0.29) is 0 Å². The van der Waals surface area contributed by atoms with Crippen LogP contribution in [0.3, 0.4) is 0 Å². The van der Waals surface area contributed by atoms with E-state index < -0.39 is 0 Å². The molecule has 14 heavy (non-hydrogen) atoms. The van der Waals surface area contributed by atoms with Gasteiger partial charge in [-0.25, -0.2) is 0 Å². The molecule has 2 aliphatic rings. The molecule has 2 aliphatic carbocycles. The van der Waals surface area contributed by atoms with E-state index in [1.807, 2.05) is 0 Å². The fraction of sp³-hybridized carbons (Fsp3) is 1.00. The standard InChI is InChI=1S/C14H26/c1-12(14-9-5-6-10-14)11-13-7-3-2-4-8-13/h12-14H,2-11H2,1H3. The average Bonchev–Trinajstić information content (AvgIpc) is 2.72. The first-order chi connectivity index (χ1) is 6.86. The van der Waals surface area contributed by atoms with Gasteiger partial charge in [0, 0.05) is 0 Å². The van der Waals surface area contributed by atoms with Gasteiger partial charge in [0.05, 0.1) is 0 Å². The van der Waals surface area contributed by atoms with Gasteiger partial charge in [-0.3, -0.25) is 0 Å². The summed E-state index contributed by atoms with van der Waals surface area (Å²) < 4.78 is 0. The van der Waals surface area contributed by atoms with Gasteiger partial charge in [0.25, 0.3) is 0 Å². The molecule has 0 saturated heterocycles. The van der Waals surface area contributed by atoms with Crippen LogP contribution in [0.15, 0.2) is 0 Å². The molecular formula is C14H26. The van der Waals surface area contributed by atoms with E-state index in [0.29, 0.717) is 0 Å². The Balaban J connectivity index is 1.72.